The number of aryl methyl sites for hydroxylation is 1. The first-order valence-electron chi connectivity index (χ1n) is 9.24. The lowest BCUT2D eigenvalue weighted by Crippen LogP contribution is -2.20. The van der Waals surface area contributed by atoms with E-state index >= 15 is 0 Å². The standard InChI is InChI=1S/C22H25IN2O4/c1-5-8-20(16-10-7-11-17(23)13-16)24-29-14-19-15(2)9-6-12-18(19)21(25-28-4)22(26)27-3/h6-7,9-13H,5,8,14H2,1-4H3/b24-20+,25-21+. The Hall–Kier alpha value is -2.42. The van der Waals surface area contributed by atoms with Crippen LogP contribution >= 0.6 is 22.6 Å². The highest BCUT2D eigenvalue weighted by Crippen LogP contribution is 2.19. The first kappa shape index (κ1) is 22.9. The van der Waals surface area contributed by atoms with Gasteiger partial charge in [-0.25, -0.2) is 4.79 Å². The van der Waals surface area contributed by atoms with Gasteiger partial charge in [-0.15, -0.1) is 0 Å². The fourth-order valence-electron chi connectivity index (χ4n) is 2.82. The van der Waals surface area contributed by atoms with E-state index in [1.165, 1.54) is 14.2 Å². The summed E-state index contributed by atoms with van der Waals surface area (Å²) in [6.45, 7) is 4.24. The molecule has 7 heteroatoms. The van der Waals surface area contributed by atoms with Crippen molar-refractivity contribution in [3.63, 3.8) is 0 Å². The van der Waals surface area contributed by atoms with Crippen molar-refractivity contribution in [2.75, 3.05) is 14.2 Å². The first-order valence-corrected chi connectivity index (χ1v) is 10.3. The van der Waals surface area contributed by atoms with Crippen molar-refractivity contribution in [1.29, 1.82) is 0 Å². The summed E-state index contributed by atoms with van der Waals surface area (Å²) < 4.78 is 5.98. The molecule has 0 amide bonds. The molecule has 0 aliphatic carbocycles. The molecule has 0 aliphatic rings. The third kappa shape index (κ3) is 6.28. The zero-order valence-corrected chi connectivity index (χ0v) is 19.2. The Labute approximate surface area is 185 Å². The van der Waals surface area contributed by atoms with Crippen LogP contribution in [0.15, 0.2) is 52.8 Å². The molecule has 6 nitrogen and oxygen atoms in total. The van der Waals surface area contributed by atoms with Crippen molar-refractivity contribution >= 4 is 40.0 Å². The number of carbonyl (C=O) groups is 1. The van der Waals surface area contributed by atoms with Crippen LogP contribution in [0, 0.1) is 10.5 Å². The molecule has 0 aliphatic heterocycles. The van der Waals surface area contributed by atoms with Gasteiger partial charge in [0.1, 0.15) is 13.7 Å². The Morgan fingerprint density at radius 2 is 1.86 bits per heavy atom. The molecule has 0 saturated carbocycles. The van der Waals surface area contributed by atoms with E-state index in [0.29, 0.717) is 5.56 Å². The highest BCUT2D eigenvalue weighted by molar-refractivity contribution is 14.1. The first-order chi connectivity index (χ1) is 14.0. The van der Waals surface area contributed by atoms with E-state index in [-0.39, 0.29) is 12.3 Å². The lowest BCUT2D eigenvalue weighted by atomic mass is 9.99. The van der Waals surface area contributed by atoms with Gasteiger partial charge >= 0.3 is 5.97 Å². The molecular formula is C22H25IN2O4. The van der Waals surface area contributed by atoms with Crippen LogP contribution < -0.4 is 0 Å². The van der Waals surface area contributed by atoms with Crippen LogP contribution in [-0.4, -0.2) is 31.6 Å². The molecule has 0 heterocycles. The van der Waals surface area contributed by atoms with E-state index in [9.17, 15) is 4.79 Å². The van der Waals surface area contributed by atoms with Gasteiger partial charge in [-0.1, -0.05) is 54.0 Å². The molecular weight excluding hydrogens is 483 g/mol. The molecule has 154 valence electrons. The number of nitrogens with zero attached hydrogens (tertiary/aromatic N) is 2. The maximum absolute atomic E-state index is 12.1. The summed E-state index contributed by atoms with van der Waals surface area (Å²) in [5, 5.41) is 8.25. The van der Waals surface area contributed by atoms with E-state index in [0.717, 1.165) is 38.8 Å². The number of benzene rings is 2. The second kappa shape index (κ2) is 11.5. The highest BCUT2D eigenvalue weighted by atomic mass is 127. The number of hydrogen-bond donors (Lipinski definition) is 0. The Balaban J connectivity index is 2.33. The molecule has 0 unspecified atom stereocenters. The van der Waals surface area contributed by atoms with Crippen LogP contribution in [0.4, 0.5) is 0 Å². The van der Waals surface area contributed by atoms with E-state index < -0.39 is 5.97 Å². The molecule has 0 bridgehead atoms. The van der Waals surface area contributed by atoms with Crippen molar-refractivity contribution in [3.05, 3.63) is 68.3 Å². The molecule has 2 aromatic carbocycles. The zero-order valence-electron chi connectivity index (χ0n) is 17.1. The van der Waals surface area contributed by atoms with Gasteiger partial charge in [0.25, 0.3) is 0 Å². The third-order valence-electron chi connectivity index (χ3n) is 4.25. The zero-order chi connectivity index (χ0) is 21.2. The monoisotopic (exact) mass is 508 g/mol. The second-order valence-electron chi connectivity index (χ2n) is 6.29. The van der Waals surface area contributed by atoms with Crippen molar-refractivity contribution < 1.29 is 19.2 Å². The molecule has 0 saturated heterocycles. The van der Waals surface area contributed by atoms with Crippen molar-refractivity contribution in [3.8, 4) is 0 Å². The average molecular weight is 508 g/mol. The molecule has 0 radical (unpaired) electrons. The Morgan fingerprint density at radius 3 is 2.52 bits per heavy atom. The van der Waals surface area contributed by atoms with E-state index in [2.05, 4.69) is 45.9 Å². The average Bonchev–Trinajstić information content (AvgIpc) is 2.72. The molecule has 0 N–H and O–H groups in total. The van der Waals surface area contributed by atoms with Gasteiger partial charge in [0.15, 0.2) is 5.71 Å². The number of esters is 1. The van der Waals surface area contributed by atoms with Crippen molar-refractivity contribution in [2.45, 2.75) is 33.3 Å². The molecule has 2 rings (SSSR count). The minimum atomic E-state index is -0.576. The number of methoxy groups -OCH3 is 1. The Morgan fingerprint density at radius 1 is 1.10 bits per heavy atom. The Bertz CT molecular complexity index is 909. The van der Waals surface area contributed by atoms with Crippen LogP contribution in [0.2, 0.25) is 0 Å². The van der Waals surface area contributed by atoms with Gasteiger partial charge in [-0.05, 0) is 53.6 Å². The third-order valence-corrected chi connectivity index (χ3v) is 4.93. The van der Waals surface area contributed by atoms with Crippen LogP contribution in [0.3, 0.4) is 0 Å². The maximum atomic E-state index is 12.1. The van der Waals surface area contributed by atoms with Crippen LogP contribution in [0.5, 0.6) is 0 Å². The van der Waals surface area contributed by atoms with Crippen molar-refractivity contribution in [2.24, 2.45) is 10.3 Å². The van der Waals surface area contributed by atoms with E-state index in [1.807, 2.05) is 37.3 Å². The summed E-state index contributed by atoms with van der Waals surface area (Å²) >= 11 is 2.28. The number of halogens is 1. The summed E-state index contributed by atoms with van der Waals surface area (Å²) in [5.74, 6) is -0.576. The fraction of sp³-hybridized carbons (Fsp3) is 0.318. The quantitative estimate of drug-likeness (QED) is 0.210. The maximum Gasteiger partial charge on any atom is 0.360 e. The van der Waals surface area contributed by atoms with Crippen molar-refractivity contribution in [1.82, 2.24) is 0 Å². The summed E-state index contributed by atoms with van der Waals surface area (Å²) in [4.78, 5) is 22.7. The number of carbonyl (C=O) groups excluding carboxylic acids is 1. The van der Waals surface area contributed by atoms with Gasteiger partial charge in [-0.3, -0.25) is 0 Å². The number of ether oxygens (including phenoxy) is 1. The number of oxime groups is 2. The molecule has 0 atom stereocenters. The molecule has 2 aromatic rings. The highest BCUT2D eigenvalue weighted by Gasteiger charge is 2.20. The Kier molecular flexibility index (Phi) is 9.11. The molecule has 0 aromatic heterocycles. The van der Waals surface area contributed by atoms with Crippen LogP contribution in [0.1, 0.15) is 42.0 Å². The minimum absolute atomic E-state index is 0.0904. The smallest absolute Gasteiger partial charge is 0.360 e. The second-order valence-corrected chi connectivity index (χ2v) is 7.53. The molecule has 0 spiro atoms. The van der Waals surface area contributed by atoms with Gasteiger partial charge in [-0.2, -0.15) is 0 Å². The van der Waals surface area contributed by atoms with E-state index in [4.69, 9.17) is 14.4 Å². The fourth-order valence-corrected chi connectivity index (χ4v) is 3.37. The number of rotatable bonds is 9. The predicted molar refractivity (Wildman–Crippen MR) is 122 cm³/mol. The largest absolute Gasteiger partial charge is 0.464 e. The van der Waals surface area contributed by atoms with Gasteiger partial charge < -0.3 is 14.4 Å². The van der Waals surface area contributed by atoms with E-state index in [1.54, 1.807) is 6.07 Å². The summed E-state index contributed by atoms with van der Waals surface area (Å²) in [6.07, 6.45) is 1.76. The lowest BCUT2D eigenvalue weighted by molar-refractivity contribution is -0.132. The predicted octanol–water partition coefficient (Wildman–Crippen LogP) is 4.84. The lowest BCUT2D eigenvalue weighted by Gasteiger charge is -2.13. The van der Waals surface area contributed by atoms with Crippen LogP contribution in [-0.2, 0) is 25.8 Å². The number of hydrogen-bond acceptors (Lipinski definition) is 6. The normalized spacial score (nSPS) is 11.9. The van der Waals surface area contributed by atoms with Gasteiger partial charge in [0.05, 0.1) is 12.8 Å². The van der Waals surface area contributed by atoms with Crippen LogP contribution in [0.25, 0.3) is 0 Å². The minimum Gasteiger partial charge on any atom is -0.464 e. The molecule has 29 heavy (non-hydrogen) atoms. The summed E-state index contributed by atoms with van der Waals surface area (Å²) in [7, 11) is 2.69. The van der Waals surface area contributed by atoms with Gasteiger partial charge in [0, 0.05) is 20.3 Å². The van der Waals surface area contributed by atoms with Gasteiger partial charge in [0.2, 0.25) is 0 Å². The summed E-state index contributed by atoms with van der Waals surface area (Å²) in [5.41, 5.74) is 4.38. The topological polar surface area (TPSA) is 69.5 Å². The molecule has 0 fully saturated rings. The summed E-state index contributed by atoms with van der Waals surface area (Å²) in [6, 6.07) is 13.7. The SMILES string of the molecule is CCC/C(=N\OCc1c(C)cccc1/C(=N\OC)C(=O)OC)c1cccc(I)c1.